The average Bonchev–Trinajstić information content (AvgIpc) is 2.67. The number of methoxy groups -OCH3 is 1. The molecule has 1 saturated carbocycles. The van der Waals surface area contributed by atoms with Gasteiger partial charge in [-0.25, -0.2) is 4.79 Å². The number of rotatable bonds is 4. The Kier molecular flexibility index (Phi) is 6.12. The molecule has 0 aromatic rings. The zero-order valence-corrected chi connectivity index (χ0v) is 18.1. The van der Waals surface area contributed by atoms with Gasteiger partial charge in [0.15, 0.2) is 11.2 Å². The molecule has 1 rings (SSSR count). The summed E-state index contributed by atoms with van der Waals surface area (Å²) in [5.74, 6) is 1.65. The second kappa shape index (κ2) is 7.07. The Hall–Kier alpha value is -1.41. The van der Waals surface area contributed by atoms with Crippen LogP contribution in [0.1, 0.15) is 61.8 Å². The Morgan fingerprint density at radius 3 is 1.76 bits per heavy atom. The summed E-state index contributed by atoms with van der Waals surface area (Å²) in [6.45, 7) is 16.1. The van der Waals surface area contributed by atoms with Crippen molar-refractivity contribution in [3.63, 3.8) is 0 Å². The Labute approximate surface area is 153 Å². The summed E-state index contributed by atoms with van der Waals surface area (Å²) in [4.78, 5) is 37.9. The maximum absolute atomic E-state index is 13.0. The van der Waals surface area contributed by atoms with Gasteiger partial charge in [0.25, 0.3) is 0 Å². The molecule has 140 valence electrons. The van der Waals surface area contributed by atoms with Crippen molar-refractivity contribution < 1.29 is 19.1 Å². The predicted molar refractivity (Wildman–Crippen MR) is 102 cm³/mol. The van der Waals surface area contributed by atoms with Gasteiger partial charge >= 0.3 is 5.97 Å². The Morgan fingerprint density at radius 1 is 1.04 bits per heavy atom. The highest BCUT2D eigenvalue weighted by molar-refractivity contribution is 6.90. The number of Topliss-reactive ketones (excluding diaryl/α,β-unsaturated/α-hetero) is 2. The standard InChI is InChI=1S/C20H32O4Si/c1-13(2)25(14(3)4,15(5)6)11-10-20(18(23)24-9)12-16(21)19(7,8)17(20)22/h13-15H,12H2,1-9H3/t20-/m0/s1. The number of hydrogen-bond donors (Lipinski definition) is 0. The lowest BCUT2D eigenvalue weighted by Gasteiger charge is -2.38. The van der Waals surface area contributed by atoms with Crippen LogP contribution in [0, 0.1) is 22.3 Å². The summed E-state index contributed by atoms with van der Waals surface area (Å²) in [7, 11) is -0.888. The monoisotopic (exact) mass is 364 g/mol. The van der Waals surface area contributed by atoms with Gasteiger partial charge in [-0.15, -0.1) is 5.54 Å². The van der Waals surface area contributed by atoms with E-state index >= 15 is 0 Å². The minimum atomic E-state index is -2.13. The van der Waals surface area contributed by atoms with E-state index in [2.05, 4.69) is 53.0 Å². The molecule has 0 aromatic carbocycles. The molecule has 0 saturated heterocycles. The van der Waals surface area contributed by atoms with Crippen LogP contribution in [0.3, 0.4) is 0 Å². The van der Waals surface area contributed by atoms with Gasteiger partial charge in [-0.3, -0.25) is 9.59 Å². The zero-order chi connectivity index (χ0) is 19.8. The van der Waals surface area contributed by atoms with Gasteiger partial charge in [-0.2, -0.15) is 0 Å². The third-order valence-corrected chi connectivity index (χ3v) is 12.3. The third-order valence-electron chi connectivity index (χ3n) is 5.97. The van der Waals surface area contributed by atoms with Crippen molar-refractivity contribution in [1.82, 2.24) is 0 Å². The highest BCUT2D eigenvalue weighted by Gasteiger charge is 2.62. The molecule has 0 aliphatic heterocycles. The van der Waals surface area contributed by atoms with Crippen molar-refractivity contribution in [2.24, 2.45) is 10.8 Å². The van der Waals surface area contributed by atoms with Gasteiger partial charge < -0.3 is 4.74 Å². The first-order valence-corrected chi connectivity index (χ1v) is 11.2. The molecule has 1 aliphatic carbocycles. The predicted octanol–water partition coefficient (Wildman–Crippen LogP) is 3.94. The van der Waals surface area contributed by atoms with Gasteiger partial charge in [0, 0.05) is 6.42 Å². The Bertz CT molecular complexity index is 612. The van der Waals surface area contributed by atoms with Gasteiger partial charge in [0.1, 0.15) is 13.9 Å². The fourth-order valence-electron chi connectivity index (χ4n) is 4.34. The van der Waals surface area contributed by atoms with Crippen molar-refractivity contribution >= 4 is 25.6 Å². The van der Waals surface area contributed by atoms with Gasteiger partial charge in [-0.1, -0.05) is 47.5 Å². The highest BCUT2D eigenvalue weighted by Crippen LogP contribution is 2.45. The molecule has 1 fully saturated rings. The van der Waals surface area contributed by atoms with Crippen LogP contribution in [0.4, 0.5) is 0 Å². The maximum Gasteiger partial charge on any atom is 0.332 e. The molecule has 25 heavy (non-hydrogen) atoms. The molecule has 4 nitrogen and oxygen atoms in total. The Morgan fingerprint density at radius 2 is 1.48 bits per heavy atom. The second-order valence-corrected chi connectivity index (χ2v) is 14.2. The molecule has 0 radical (unpaired) electrons. The second-order valence-electron chi connectivity index (χ2n) is 8.60. The molecule has 1 atom stereocenters. The molecule has 0 N–H and O–H groups in total. The SMILES string of the molecule is COC(=O)[C@@]1(C#C[Si](C(C)C)(C(C)C)C(C)C)CC(=O)C(C)(C)C1=O. The summed E-state index contributed by atoms with van der Waals surface area (Å²) in [5, 5.41) is 0. The quantitative estimate of drug-likeness (QED) is 0.328. The summed E-state index contributed by atoms with van der Waals surface area (Å²) >= 11 is 0. The van der Waals surface area contributed by atoms with Crippen LogP contribution in [0.25, 0.3) is 0 Å². The smallest absolute Gasteiger partial charge is 0.332 e. The van der Waals surface area contributed by atoms with Crippen LogP contribution in [0.15, 0.2) is 0 Å². The van der Waals surface area contributed by atoms with E-state index in [0.717, 1.165) is 0 Å². The number of carbonyl (C=O) groups is 3. The molecule has 0 unspecified atom stereocenters. The van der Waals surface area contributed by atoms with Crippen LogP contribution in [-0.4, -0.2) is 32.7 Å². The average molecular weight is 365 g/mol. The summed E-state index contributed by atoms with van der Waals surface area (Å²) in [6.07, 6.45) is -0.183. The van der Waals surface area contributed by atoms with E-state index in [-0.39, 0.29) is 12.2 Å². The van der Waals surface area contributed by atoms with Crippen molar-refractivity contribution in [3.05, 3.63) is 0 Å². The Balaban J connectivity index is 3.65. The maximum atomic E-state index is 13.0. The van der Waals surface area contributed by atoms with E-state index in [4.69, 9.17) is 4.74 Å². The van der Waals surface area contributed by atoms with E-state index in [9.17, 15) is 14.4 Å². The zero-order valence-electron chi connectivity index (χ0n) is 17.1. The molecule has 0 bridgehead atoms. The molecule has 0 amide bonds. The van der Waals surface area contributed by atoms with Crippen LogP contribution < -0.4 is 0 Å². The van der Waals surface area contributed by atoms with Gasteiger partial charge in [0.05, 0.1) is 12.5 Å². The minimum Gasteiger partial charge on any atom is -0.468 e. The van der Waals surface area contributed by atoms with Crippen LogP contribution in [-0.2, 0) is 19.1 Å². The fraction of sp³-hybridized carbons (Fsp3) is 0.750. The van der Waals surface area contributed by atoms with Gasteiger partial charge in [-0.05, 0) is 30.5 Å². The number of esters is 1. The van der Waals surface area contributed by atoms with Crippen molar-refractivity contribution in [2.75, 3.05) is 7.11 Å². The molecule has 0 spiro atoms. The van der Waals surface area contributed by atoms with Gasteiger partial charge in [0.2, 0.25) is 0 Å². The molecule has 1 aliphatic rings. The third kappa shape index (κ3) is 3.21. The summed E-state index contributed by atoms with van der Waals surface area (Å²) in [6, 6.07) is 0. The first-order chi connectivity index (χ1) is 11.3. The largest absolute Gasteiger partial charge is 0.468 e. The number of ether oxygens (including phenoxy) is 1. The summed E-state index contributed by atoms with van der Waals surface area (Å²) < 4.78 is 4.90. The summed E-state index contributed by atoms with van der Waals surface area (Å²) in [5.41, 5.74) is 1.70. The normalized spacial score (nSPS) is 23.2. The molecule has 0 heterocycles. The van der Waals surface area contributed by atoms with Crippen LogP contribution in [0.5, 0.6) is 0 Å². The van der Waals surface area contributed by atoms with E-state index in [1.807, 2.05) is 0 Å². The minimum absolute atomic E-state index is 0.183. The van der Waals surface area contributed by atoms with E-state index < -0.39 is 30.7 Å². The van der Waals surface area contributed by atoms with Crippen molar-refractivity contribution in [2.45, 2.75) is 78.4 Å². The number of ketones is 2. The van der Waals surface area contributed by atoms with Crippen LogP contribution in [0.2, 0.25) is 16.6 Å². The van der Waals surface area contributed by atoms with E-state index in [1.165, 1.54) is 7.11 Å². The molecular weight excluding hydrogens is 332 g/mol. The van der Waals surface area contributed by atoms with E-state index in [0.29, 0.717) is 16.6 Å². The topological polar surface area (TPSA) is 60.4 Å². The lowest BCUT2D eigenvalue weighted by Crippen LogP contribution is -2.45. The molecular formula is C20H32O4Si. The van der Waals surface area contributed by atoms with Crippen LogP contribution >= 0.6 is 0 Å². The van der Waals surface area contributed by atoms with E-state index in [1.54, 1.807) is 13.8 Å². The first kappa shape index (κ1) is 21.6. The lowest BCUT2D eigenvalue weighted by atomic mass is 9.80. The molecule has 5 heteroatoms. The number of carbonyl (C=O) groups excluding carboxylic acids is 3. The number of hydrogen-bond acceptors (Lipinski definition) is 4. The van der Waals surface area contributed by atoms with Crippen molar-refractivity contribution in [1.29, 1.82) is 0 Å². The highest BCUT2D eigenvalue weighted by atomic mass is 28.3. The molecule has 0 aromatic heterocycles. The lowest BCUT2D eigenvalue weighted by molar-refractivity contribution is -0.154. The fourth-order valence-corrected chi connectivity index (χ4v) is 9.64. The first-order valence-electron chi connectivity index (χ1n) is 9.01. The van der Waals surface area contributed by atoms with Crippen molar-refractivity contribution in [3.8, 4) is 11.5 Å².